The largest absolute Gasteiger partial charge is 0.508 e. The summed E-state index contributed by atoms with van der Waals surface area (Å²) in [5, 5.41) is 18.2. The van der Waals surface area contributed by atoms with E-state index in [1.165, 1.54) is 0 Å². The highest BCUT2D eigenvalue weighted by molar-refractivity contribution is 5.71. The summed E-state index contributed by atoms with van der Waals surface area (Å²) in [4.78, 5) is 10.8. The molecule has 0 saturated carbocycles. The average Bonchev–Trinajstić information content (AvgIpc) is 2.18. The molecule has 80 valence electrons. The van der Waals surface area contributed by atoms with E-state index < -0.39 is 11.9 Å². The van der Waals surface area contributed by atoms with Gasteiger partial charge in [0.2, 0.25) is 0 Å². The van der Waals surface area contributed by atoms with Crippen molar-refractivity contribution >= 4 is 5.97 Å². The van der Waals surface area contributed by atoms with E-state index in [4.69, 9.17) is 5.11 Å². The summed E-state index contributed by atoms with van der Waals surface area (Å²) >= 11 is 0. The minimum Gasteiger partial charge on any atom is -0.508 e. The van der Waals surface area contributed by atoms with Crippen LogP contribution in [0.1, 0.15) is 18.4 Å². The van der Waals surface area contributed by atoms with Crippen molar-refractivity contribution < 1.29 is 15.0 Å². The fourth-order valence-electron chi connectivity index (χ4n) is 1.51. The smallest absolute Gasteiger partial charge is 0.307 e. The molecule has 0 bridgehead atoms. The van der Waals surface area contributed by atoms with Crippen LogP contribution in [0.3, 0.4) is 0 Å². The maximum atomic E-state index is 10.8. The van der Waals surface area contributed by atoms with E-state index >= 15 is 0 Å². The second kappa shape index (κ2) is 4.64. The van der Waals surface area contributed by atoms with Crippen molar-refractivity contribution in [3.05, 3.63) is 42.5 Å². The molecule has 3 heteroatoms. The van der Waals surface area contributed by atoms with Gasteiger partial charge in [0.25, 0.3) is 0 Å². The number of carboxylic acids is 1. The second-order valence-corrected chi connectivity index (χ2v) is 3.48. The predicted molar refractivity (Wildman–Crippen MR) is 57.8 cm³/mol. The summed E-state index contributed by atoms with van der Waals surface area (Å²) in [6.07, 6.45) is 1.59. The van der Waals surface area contributed by atoms with Gasteiger partial charge in [-0.2, -0.15) is 0 Å². The van der Waals surface area contributed by atoms with Crippen molar-refractivity contribution in [2.45, 2.75) is 12.8 Å². The number of phenolic OH excluding ortho intramolecular Hbond substituents is 1. The molecule has 1 rings (SSSR count). The van der Waals surface area contributed by atoms with Gasteiger partial charge in [0.05, 0.1) is 5.92 Å². The van der Waals surface area contributed by atoms with Crippen molar-refractivity contribution in [1.29, 1.82) is 0 Å². The highest BCUT2D eigenvalue weighted by atomic mass is 16.4. The molecule has 2 atom stereocenters. The highest BCUT2D eigenvalue weighted by Gasteiger charge is 2.22. The molecule has 0 aliphatic rings. The van der Waals surface area contributed by atoms with Gasteiger partial charge < -0.3 is 10.2 Å². The molecule has 0 amide bonds. The van der Waals surface area contributed by atoms with Crippen molar-refractivity contribution in [1.82, 2.24) is 0 Å². The number of carbonyl (C=O) groups is 1. The van der Waals surface area contributed by atoms with E-state index in [9.17, 15) is 9.90 Å². The molecule has 1 aromatic carbocycles. The van der Waals surface area contributed by atoms with E-state index in [2.05, 4.69) is 6.58 Å². The number of phenols is 1. The first-order valence-corrected chi connectivity index (χ1v) is 4.70. The maximum absolute atomic E-state index is 10.8. The zero-order valence-electron chi connectivity index (χ0n) is 8.55. The minimum atomic E-state index is -0.872. The topological polar surface area (TPSA) is 57.5 Å². The third kappa shape index (κ3) is 2.59. The van der Waals surface area contributed by atoms with Crippen LogP contribution in [0.15, 0.2) is 36.9 Å². The van der Waals surface area contributed by atoms with Crippen LogP contribution in [0.5, 0.6) is 5.75 Å². The van der Waals surface area contributed by atoms with Crippen LogP contribution in [-0.4, -0.2) is 16.2 Å². The lowest BCUT2D eigenvalue weighted by molar-refractivity contribution is -0.141. The van der Waals surface area contributed by atoms with Crippen LogP contribution >= 0.6 is 0 Å². The Morgan fingerprint density at radius 3 is 2.67 bits per heavy atom. The Hall–Kier alpha value is -1.77. The molecule has 0 radical (unpaired) electrons. The van der Waals surface area contributed by atoms with Gasteiger partial charge in [-0.3, -0.25) is 4.79 Å². The number of aromatic hydroxyl groups is 1. The number of allylic oxidation sites excluding steroid dienone is 1. The average molecular weight is 206 g/mol. The molecule has 15 heavy (non-hydrogen) atoms. The van der Waals surface area contributed by atoms with Crippen molar-refractivity contribution in [2.75, 3.05) is 0 Å². The Kier molecular flexibility index (Phi) is 3.50. The van der Waals surface area contributed by atoms with Gasteiger partial charge in [0.1, 0.15) is 5.75 Å². The zero-order valence-corrected chi connectivity index (χ0v) is 8.55. The van der Waals surface area contributed by atoms with Gasteiger partial charge in [-0.05, 0) is 17.7 Å². The summed E-state index contributed by atoms with van der Waals surface area (Å²) < 4.78 is 0. The van der Waals surface area contributed by atoms with Crippen LogP contribution in [0.2, 0.25) is 0 Å². The van der Waals surface area contributed by atoms with Crippen LogP contribution < -0.4 is 0 Å². The molecular formula is C12H14O3. The third-order valence-electron chi connectivity index (χ3n) is 2.44. The molecule has 1 aromatic rings. The Morgan fingerprint density at radius 2 is 2.20 bits per heavy atom. The molecule has 0 aliphatic heterocycles. The first kappa shape index (κ1) is 11.3. The monoisotopic (exact) mass is 206 g/mol. The fraction of sp³-hybridized carbons (Fsp3) is 0.250. The van der Waals surface area contributed by atoms with Gasteiger partial charge >= 0.3 is 5.97 Å². The molecular weight excluding hydrogens is 192 g/mol. The lowest BCUT2D eigenvalue weighted by Gasteiger charge is -2.17. The maximum Gasteiger partial charge on any atom is 0.307 e. The lowest BCUT2D eigenvalue weighted by atomic mass is 9.87. The first-order chi connectivity index (χ1) is 7.06. The number of aliphatic carboxylic acids is 1. The van der Waals surface area contributed by atoms with E-state index in [1.807, 2.05) is 0 Å². The molecule has 2 N–H and O–H groups in total. The standard InChI is InChI=1S/C12H14O3/c1-3-11(8(2)12(14)15)9-5-4-6-10(13)7-9/h3-8,11,13H,1H2,2H3,(H,14,15)/t8?,11-/m0/s1. The summed E-state index contributed by atoms with van der Waals surface area (Å²) in [5.74, 6) is -1.57. The van der Waals surface area contributed by atoms with Gasteiger partial charge in [-0.1, -0.05) is 25.1 Å². The Morgan fingerprint density at radius 1 is 1.53 bits per heavy atom. The Balaban J connectivity index is 3.02. The fourth-order valence-corrected chi connectivity index (χ4v) is 1.51. The minimum absolute atomic E-state index is 0.136. The van der Waals surface area contributed by atoms with Gasteiger partial charge in [-0.15, -0.1) is 6.58 Å². The van der Waals surface area contributed by atoms with Crippen molar-refractivity contribution in [3.63, 3.8) is 0 Å². The Labute approximate surface area is 88.7 Å². The van der Waals surface area contributed by atoms with Gasteiger partial charge in [0, 0.05) is 5.92 Å². The molecule has 0 aromatic heterocycles. The van der Waals surface area contributed by atoms with E-state index in [0.717, 1.165) is 5.56 Å². The quantitative estimate of drug-likeness (QED) is 0.743. The Bertz CT molecular complexity index is 371. The molecule has 0 heterocycles. The summed E-state index contributed by atoms with van der Waals surface area (Å²) in [6.45, 7) is 5.25. The van der Waals surface area contributed by atoms with Crippen molar-refractivity contribution in [3.8, 4) is 5.75 Å². The van der Waals surface area contributed by atoms with E-state index in [-0.39, 0.29) is 11.7 Å². The van der Waals surface area contributed by atoms with Crippen LogP contribution in [0.4, 0.5) is 0 Å². The normalized spacial score (nSPS) is 14.2. The summed E-state index contributed by atoms with van der Waals surface area (Å²) in [6, 6.07) is 6.59. The highest BCUT2D eigenvalue weighted by Crippen LogP contribution is 2.28. The first-order valence-electron chi connectivity index (χ1n) is 4.70. The number of hydrogen-bond acceptors (Lipinski definition) is 2. The number of benzene rings is 1. The summed E-state index contributed by atoms with van der Waals surface area (Å²) in [5.41, 5.74) is 0.764. The van der Waals surface area contributed by atoms with E-state index in [1.54, 1.807) is 37.3 Å². The van der Waals surface area contributed by atoms with E-state index in [0.29, 0.717) is 0 Å². The second-order valence-electron chi connectivity index (χ2n) is 3.48. The van der Waals surface area contributed by atoms with Gasteiger partial charge in [0.15, 0.2) is 0 Å². The molecule has 0 spiro atoms. The van der Waals surface area contributed by atoms with Crippen LogP contribution in [0.25, 0.3) is 0 Å². The number of carboxylic acid groups (broad SMARTS) is 1. The molecule has 0 fully saturated rings. The molecule has 3 nitrogen and oxygen atoms in total. The molecule has 0 aliphatic carbocycles. The van der Waals surface area contributed by atoms with Crippen molar-refractivity contribution in [2.24, 2.45) is 5.92 Å². The number of rotatable bonds is 4. The summed E-state index contributed by atoms with van der Waals surface area (Å²) in [7, 11) is 0. The molecule has 1 unspecified atom stereocenters. The lowest BCUT2D eigenvalue weighted by Crippen LogP contribution is -2.17. The third-order valence-corrected chi connectivity index (χ3v) is 2.44. The molecule has 0 saturated heterocycles. The SMILES string of the molecule is C=C[C@H](c1cccc(O)c1)C(C)C(=O)O. The zero-order chi connectivity index (χ0) is 11.4. The van der Waals surface area contributed by atoms with Crippen LogP contribution in [-0.2, 0) is 4.79 Å². The van der Waals surface area contributed by atoms with Gasteiger partial charge in [-0.25, -0.2) is 0 Å². The van der Waals surface area contributed by atoms with Crippen LogP contribution in [0, 0.1) is 5.92 Å². The number of hydrogen-bond donors (Lipinski definition) is 2. The predicted octanol–water partition coefficient (Wildman–Crippen LogP) is 2.38.